The van der Waals surface area contributed by atoms with Crippen LogP contribution >= 0.6 is 0 Å². The topological polar surface area (TPSA) is 83.1 Å². The van der Waals surface area contributed by atoms with Gasteiger partial charge in [-0.1, -0.05) is 30.3 Å². The van der Waals surface area contributed by atoms with Crippen LogP contribution in [0, 0.1) is 0 Å². The van der Waals surface area contributed by atoms with Gasteiger partial charge >= 0.3 is 12.9 Å². The molecule has 1 fully saturated rings. The molecule has 2 aliphatic heterocycles. The van der Waals surface area contributed by atoms with Gasteiger partial charge in [0.1, 0.15) is 17.6 Å². The second-order valence-electron chi connectivity index (χ2n) is 10.0. The SMILES string of the molecule is CC(=O)c1ccc([C@H]2C[C@@H](NC(=O)C3(c4ccc5c(c4)OC(F)(F)O5)CC3)c3ccc(OC(F)F)cc3O2)cc1. The Morgan fingerprint density at radius 2 is 1.68 bits per heavy atom. The van der Waals surface area contributed by atoms with Crippen molar-refractivity contribution in [1.29, 1.82) is 0 Å². The Labute approximate surface area is 226 Å². The molecule has 7 nitrogen and oxygen atoms in total. The number of halogens is 4. The van der Waals surface area contributed by atoms with Crippen LogP contribution in [-0.2, 0) is 10.2 Å². The number of carbonyl (C=O) groups is 2. The van der Waals surface area contributed by atoms with E-state index < -0.39 is 30.5 Å². The van der Waals surface area contributed by atoms with Gasteiger partial charge in [0.15, 0.2) is 17.3 Å². The Balaban J connectivity index is 1.28. The lowest BCUT2D eigenvalue weighted by Crippen LogP contribution is -2.39. The summed E-state index contributed by atoms with van der Waals surface area (Å²) in [6.07, 6.45) is -3.01. The zero-order valence-corrected chi connectivity index (χ0v) is 21.1. The highest BCUT2D eigenvalue weighted by Gasteiger charge is 2.53. The van der Waals surface area contributed by atoms with Crippen LogP contribution in [0.5, 0.6) is 23.0 Å². The fourth-order valence-electron chi connectivity index (χ4n) is 5.21. The van der Waals surface area contributed by atoms with Crippen LogP contribution in [-0.4, -0.2) is 24.6 Å². The van der Waals surface area contributed by atoms with Gasteiger partial charge in [0.2, 0.25) is 5.91 Å². The summed E-state index contributed by atoms with van der Waals surface area (Å²) in [7, 11) is 0. The summed E-state index contributed by atoms with van der Waals surface area (Å²) in [5.74, 6) is -0.480. The highest BCUT2D eigenvalue weighted by atomic mass is 19.3. The molecular formula is C29H23F4NO6. The number of benzene rings is 3. The molecule has 0 bridgehead atoms. The molecule has 0 spiro atoms. The second kappa shape index (κ2) is 9.42. The summed E-state index contributed by atoms with van der Waals surface area (Å²) in [5.41, 5.74) is 1.41. The van der Waals surface area contributed by atoms with Crippen molar-refractivity contribution in [2.45, 2.75) is 56.7 Å². The first-order valence-corrected chi connectivity index (χ1v) is 12.6. The van der Waals surface area contributed by atoms with Crippen molar-refractivity contribution in [2.75, 3.05) is 0 Å². The van der Waals surface area contributed by atoms with Gasteiger partial charge in [0.05, 0.1) is 11.5 Å². The van der Waals surface area contributed by atoms with Crippen molar-refractivity contribution >= 4 is 11.7 Å². The van der Waals surface area contributed by atoms with E-state index in [1.807, 2.05) is 0 Å². The summed E-state index contributed by atoms with van der Waals surface area (Å²) in [6, 6.07) is 14.9. The molecule has 40 heavy (non-hydrogen) atoms. The summed E-state index contributed by atoms with van der Waals surface area (Å²) in [4.78, 5) is 25.4. The summed E-state index contributed by atoms with van der Waals surface area (Å²) < 4.78 is 72.5. The van der Waals surface area contributed by atoms with Crippen molar-refractivity contribution in [3.63, 3.8) is 0 Å². The minimum Gasteiger partial charge on any atom is -0.485 e. The molecule has 3 aliphatic rings. The van der Waals surface area contributed by atoms with Crippen LogP contribution in [0.15, 0.2) is 60.7 Å². The van der Waals surface area contributed by atoms with Gasteiger partial charge in [0.25, 0.3) is 0 Å². The maximum absolute atomic E-state index is 13.7. The number of alkyl halides is 4. The number of ketones is 1. The number of hydrogen-bond donors (Lipinski definition) is 1. The van der Waals surface area contributed by atoms with Gasteiger partial charge in [-0.05, 0) is 55.2 Å². The quantitative estimate of drug-likeness (QED) is 0.274. The Hall–Kier alpha value is -4.28. The third-order valence-electron chi connectivity index (χ3n) is 7.44. The second-order valence-corrected chi connectivity index (χ2v) is 10.0. The minimum atomic E-state index is -3.77. The fraction of sp³-hybridized carbons (Fsp3) is 0.310. The van der Waals surface area contributed by atoms with Crippen LogP contribution in [0.1, 0.15) is 65.4 Å². The van der Waals surface area contributed by atoms with E-state index in [1.54, 1.807) is 36.4 Å². The Kier molecular flexibility index (Phi) is 6.12. The number of amides is 1. The highest BCUT2D eigenvalue weighted by Crippen LogP contribution is 2.53. The maximum Gasteiger partial charge on any atom is 0.586 e. The van der Waals surface area contributed by atoms with Crippen molar-refractivity contribution in [1.82, 2.24) is 5.32 Å². The highest BCUT2D eigenvalue weighted by molar-refractivity contribution is 5.94. The zero-order chi connectivity index (χ0) is 28.2. The molecule has 2 atom stereocenters. The van der Waals surface area contributed by atoms with Crippen LogP contribution in [0.25, 0.3) is 0 Å². The molecule has 1 saturated carbocycles. The summed E-state index contributed by atoms with van der Waals surface area (Å²) >= 11 is 0. The van der Waals surface area contributed by atoms with Gasteiger partial charge < -0.3 is 24.3 Å². The number of nitrogens with one attached hydrogen (secondary N) is 1. The van der Waals surface area contributed by atoms with E-state index in [1.165, 1.54) is 31.2 Å². The normalized spacial score (nSPS) is 21.2. The molecule has 1 aliphatic carbocycles. The minimum absolute atomic E-state index is 0.0950. The van der Waals surface area contributed by atoms with Crippen LogP contribution in [0.3, 0.4) is 0 Å². The van der Waals surface area contributed by atoms with Crippen molar-refractivity contribution in [3.05, 3.63) is 82.9 Å². The predicted molar refractivity (Wildman–Crippen MR) is 132 cm³/mol. The zero-order valence-electron chi connectivity index (χ0n) is 21.1. The van der Waals surface area contributed by atoms with E-state index in [2.05, 4.69) is 19.5 Å². The maximum atomic E-state index is 13.7. The first-order chi connectivity index (χ1) is 19.0. The Morgan fingerprint density at radius 1 is 0.950 bits per heavy atom. The third-order valence-corrected chi connectivity index (χ3v) is 7.44. The van der Waals surface area contributed by atoms with E-state index in [9.17, 15) is 27.2 Å². The molecule has 0 unspecified atom stereocenters. The predicted octanol–water partition coefficient (Wildman–Crippen LogP) is 6.23. The summed E-state index contributed by atoms with van der Waals surface area (Å²) in [6.45, 7) is -1.57. The van der Waals surface area contributed by atoms with E-state index in [0.717, 1.165) is 5.56 Å². The fourth-order valence-corrected chi connectivity index (χ4v) is 5.21. The molecular weight excluding hydrogens is 534 g/mol. The number of carbonyl (C=O) groups excluding carboxylic acids is 2. The van der Waals surface area contributed by atoms with Gasteiger partial charge in [-0.3, -0.25) is 9.59 Å². The van der Waals surface area contributed by atoms with Gasteiger partial charge in [-0.15, -0.1) is 8.78 Å². The Bertz CT molecular complexity index is 1490. The molecule has 3 aromatic carbocycles. The number of hydrogen-bond acceptors (Lipinski definition) is 6. The largest absolute Gasteiger partial charge is 0.586 e. The molecule has 11 heteroatoms. The lowest BCUT2D eigenvalue weighted by atomic mass is 9.90. The Morgan fingerprint density at radius 3 is 2.35 bits per heavy atom. The third kappa shape index (κ3) is 4.80. The van der Waals surface area contributed by atoms with Gasteiger partial charge in [0, 0.05) is 23.6 Å². The molecule has 1 amide bonds. The summed E-state index contributed by atoms with van der Waals surface area (Å²) in [5, 5.41) is 3.07. The number of rotatable bonds is 7. The van der Waals surface area contributed by atoms with Crippen molar-refractivity contribution < 1.29 is 46.1 Å². The van der Waals surface area contributed by atoms with Gasteiger partial charge in [-0.25, -0.2) is 0 Å². The van der Waals surface area contributed by atoms with Crippen LogP contribution in [0.2, 0.25) is 0 Å². The number of ether oxygens (including phenoxy) is 4. The average molecular weight is 557 g/mol. The lowest BCUT2D eigenvalue weighted by molar-refractivity contribution is -0.286. The molecule has 1 N–H and O–H groups in total. The van der Waals surface area contributed by atoms with E-state index in [-0.39, 0.29) is 34.7 Å². The first-order valence-electron chi connectivity index (χ1n) is 12.6. The monoisotopic (exact) mass is 557 g/mol. The molecule has 0 radical (unpaired) electrons. The molecule has 208 valence electrons. The smallest absolute Gasteiger partial charge is 0.485 e. The van der Waals surface area contributed by atoms with Crippen LogP contribution < -0.4 is 24.3 Å². The molecule has 3 aromatic rings. The average Bonchev–Trinajstić information content (AvgIpc) is 3.65. The molecule has 2 heterocycles. The van der Waals surface area contributed by atoms with E-state index in [0.29, 0.717) is 36.0 Å². The standard InChI is InChI=1S/C29H23F4NO6/c1-15(35)16-2-4-17(5-3-16)23-14-21(20-8-7-19(37-27(30)31)13-24(20)38-23)34-26(36)28(10-11-28)18-6-9-22-25(12-18)40-29(32,33)39-22/h2-9,12-13,21,23,27H,10-11,14H2,1H3,(H,34,36)/t21-,23-/m1/s1. The molecule has 6 rings (SSSR count). The lowest BCUT2D eigenvalue weighted by Gasteiger charge is -2.34. The first kappa shape index (κ1) is 26.0. The number of Topliss-reactive ketones (excluding diaryl/α,β-unsaturated/α-hetero) is 1. The van der Waals surface area contributed by atoms with Crippen LogP contribution in [0.4, 0.5) is 17.6 Å². The van der Waals surface area contributed by atoms with Gasteiger partial charge in [-0.2, -0.15) is 8.78 Å². The van der Waals surface area contributed by atoms with Crippen molar-refractivity contribution in [3.8, 4) is 23.0 Å². The molecule has 0 saturated heterocycles. The number of fused-ring (bicyclic) bond motifs is 2. The van der Waals surface area contributed by atoms with Crippen molar-refractivity contribution in [2.24, 2.45) is 0 Å². The van der Waals surface area contributed by atoms with E-state index in [4.69, 9.17) is 4.74 Å². The molecule has 0 aromatic heterocycles. The van der Waals surface area contributed by atoms with E-state index >= 15 is 0 Å².